The van der Waals surface area contributed by atoms with Gasteiger partial charge in [0.1, 0.15) is 11.5 Å². The van der Waals surface area contributed by atoms with E-state index in [0.717, 1.165) is 34.0 Å². The van der Waals surface area contributed by atoms with Crippen molar-refractivity contribution in [3.05, 3.63) is 29.1 Å². The van der Waals surface area contributed by atoms with Crippen molar-refractivity contribution in [1.82, 2.24) is 0 Å². The minimum atomic E-state index is 0.778. The van der Waals surface area contributed by atoms with Gasteiger partial charge in [0, 0.05) is 22.1 Å². The van der Waals surface area contributed by atoms with E-state index >= 15 is 0 Å². The maximum atomic E-state index is 6.07. The van der Waals surface area contributed by atoms with Gasteiger partial charge in [-0.25, -0.2) is 0 Å². The van der Waals surface area contributed by atoms with Gasteiger partial charge in [0.15, 0.2) is 0 Å². The first-order valence-corrected chi connectivity index (χ1v) is 6.61. The molecule has 2 rings (SSSR count). The molecule has 2 aromatic rings. The monoisotopic (exact) mass is 263 g/mol. The molecule has 0 radical (unpaired) electrons. The smallest absolute Gasteiger partial charge is 0.130 e. The molecule has 0 bridgehead atoms. The molecule has 2 N–H and O–H groups in total. The van der Waals surface area contributed by atoms with Crippen LogP contribution in [-0.2, 0) is 6.42 Å². The van der Waals surface area contributed by atoms with E-state index < -0.39 is 0 Å². The Labute approximate surface area is 111 Å². The Hall–Kier alpha value is -1.68. The number of hydrogen-bond acceptors (Lipinski definition) is 4. The van der Waals surface area contributed by atoms with Crippen LogP contribution in [0.3, 0.4) is 0 Å². The fourth-order valence-electron chi connectivity index (χ4n) is 1.86. The second-order valence-electron chi connectivity index (χ2n) is 3.91. The first kappa shape index (κ1) is 12.8. The van der Waals surface area contributed by atoms with Crippen molar-refractivity contribution in [2.24, 2.45) is 0 Å². The predicted molar refractivity (Wildman–Crippen MR) is 76.6 cm³/mol. The second-order valence-corrected chi connectivity index (χ2v) is 5.08. The first-order chi connectivity index (χ1) is 8.69. The summed E-state index contributed by atoms with van der Waals surface area (Å²) in [7, 11) is 3.30. The number of rotatable bonds is 4. The van der Waals surface area contributed by atoms with Gasteiger partial charge in [0.2, 0.25) is 0 Å². The van der Waals surface area contributed by atoms with Crippen LogP contribution in [0.5, 0.6) is 11.5 Å². The van der Waals surface area contributed by atoms with Gasteiger partial charge in [-0.05, 0) is 24.6 Å². The molecule has 0 atom stereocenters. The van der Waals surface area contributed by atoms with E-state index in [9.17, 15) is 0 Å². The van der Waals surface area contributed by atoms with E-state index in [1.54, 1.807) is 25.6 Å². The molecule has 0 aliphatic carbocycles. The summed E-state index contributed by atoms with van der Waals surface area (Å²) in [6, 6.07) is 7.90. The maximum absolute atomic E-state index is 6.07. The van der Waals surface area contributed by atoms with Crippen molar-refractivity contribution < 1.29 is 9.47 Å². The number of hydrogen-bond donors (Lipinski definition) is 1. The van der Waals surface area contributed by atoms with E-state index in [0.29, 0.717) is 0 Å². The Bertz CT molecular complexity index is 549. The second kappa shape index (κ2) is 5.31. The predicted octanol–water partition coefficient (Wildman–Crippen LogP) is 3.58. The van der Waals surface area contributed by atoms with Crippen LogP contribution in [-0.4, -0.2) is 14.2 Å². The standard InChI is InChI=1S/C14H17NO2S/c1-4-10-8-12(14(15)18-10)11-6-5-9(16-2)7-13(11)17-3/h5-8H,4,15H2,1-3H3. The summed E-state index contributed by atoms with van der Waals surface area (Å²) in [5.41, 5.74) is 8.12. The van der Waals surface area contributed by atoms with Gasteiger partial charge in [0.05, 0.1) is 19.2 Å². The molecular formula is C14H17NO2S. The lowest BCUT2D eigenvalue weighted by molar-refractivity contribution is 0.395. The molecule has 1 aromatic carbocycles. The maximum Gasteiger partial charge on any atom is 0.130 e. The zero-order chi connectivity index (χ0) is 13.1. The average Bonchev–Trinajstić information content (AvgIpc) is 2.79. The zero-order valence-electron chi connectivity index (χ0n) is 10.8. The molecule has 0 saturated carbocycles. The molecule has 0 aliphatic heterocycles. The fourth-order valence-corrected chi connectivity index (χ4v) is 2.75. The SMILES string of the molecule is CCc1cc(-c2ccc(OC)cc2OC)c(N)s1. The first-order valence-electron chi connectivity index (χ1n) is 5.80. The van der Waals surface area contributed by atoms with E-state index in [1.165, 1.54) is 4.88 Å². The average molecular weight is 263 g/mol. The Morgan fingerprint density at radius 2 is 1.89 bits per heavy atom. The van der Waals surface area contributed by atoms with Crippen LogP contribution >= 0.6 is 11.3 Å². The lowest BCUT2D eigenvalue weighted by Crippen LogP contribution is -1.91. The van der Waals surface area contributed by atoms with Crippen LogP contribution in [0.2, 0.25) is 0 Å². The summed E-state index contributed by atoms with van der Waals surface area (Å²) in [6.45, 7) is 2.13. The van der Waals surface area contributed by atoms with E-state index in [-0.39, 0.29) is 0 Å². The summed E-state index contributed by atoms with van der Waals surface area (Å²) in [5.74, 6) is 1.56. The fraction of sp³-hybridized carbons (Fsp3) is 0.286. The Kier molecular flexibility index (Phi) is 3.77. The number of ether oxygens (including phenoxy) is 2. The van der Waals surface area contributed by atoms with Crippen LogP contribution in [0, 0.1) is 0 Å². The summed E-state index contributed by atoms with van der Waals surface area (Å²) in [6.07, 6.45) is 0.993. The number of nitrogen functional groups attached to an aromatic ring is 1. The van der Waals surface area contributed by atoms with Crippen LogP contribution in [0.4, 0.5) is 5.00 Å². The van der Waals surface area contributed by atoms with Crippen LogP contribution in [0.1, 0.15) is 11.8 Å². The number of nitrogens with two attached hydrogens (primary N) is 1. The van der Waals surface area contributed by atoms with Crippen molar-refractivity contribution in [1.29, 1.82) is 0 Å². The van der Waals surface area contributed by atoms with Crippen LogP contribution < -0.4 is 15.2 Å². The lowest BCUT2D eigenvalue weighted by atomic mass is 10.1. The van der Waals surface area contributed by atoms with Crippen molar-refractivity contribution >= 4 is 16.3 Å². The molecule has 0 saturated heterocycles. The van der Waals surface area contributed by atoms with Crippen molar-refractivity contribution in [3.8, 4) is 22.6 Å². The molecule has 96 valence electrons. The number of methoxy groups -OCH3 is 2. The molecule has 0 fully saturated rings. The summed E-state index contributed by atoms with van der Waals surface area (Å²) in [4.78, 5) is 1.28. The number of aryl methyl sites for hydroxylation is 1. The molecule has 0 amide bonds. The third-order valence-electron chi connectivity index (χ3n) is 2.86. The van der Waals surface area contributed by atoms with Crippen molar-refractivity contribution in [3.63, 3.8) is 0 Å². The molecular weight excluding hydrogens is 246 g/mol. The Morgan fingerprint density at radius 3 is 2.44 bits per heavy atom. The van der Waals surface area contributed by atoms with Gasteiger partial charge in [-0.15, -0.1) is 11.3 Å². The largest absolute Gasteiger partial charge is 0.497 e. The van der Waals surface area contributed by atoms with Crippen LogP contribution in [0.25, 0.3) is 11.1 Å². The highest BCUT2D eigenvalue weighted by Gasteiger charge is 2.13. The number of thiophene rings is 1. The van der Waals surface area contributed by atoms with Gasteiger partial charge >= 0.3 is 0 Å². The van der Waals surface area contributed by atoms with E-state index in [1.807, 2.05) is 18.2 Å². The topological polar surface area (TPSA) is 44.5 Å². The van der Waals surface area contributed by atoms with Crippen molar-refractivity contribution in [2.75, 3.05) is 20.0 Å². The van der Waals surface area contributed by atoms with Gasteiger partial charge < -0.3 is 15.2 Å². The quantitative estimate of drug-likeness (QED) is 0.917. The molecule has 3 nitrogen and oxygen atoms in total. The van der Waals surface area contributed by atoms with Crippen LogP contribution in [0.15, 0.2) is 24.3 Å². The molecule has 4 heteroatoms. The van der Waals surface area contributed by atoms with E-state index in [4.69, 9.17) is 15.2 Å². The molecule has 1 heterocycles. The van der Waals surface area contributed by atoms with Gasteiger partial charge in [-0.1, -0.05) is 6.92 Å². The Morgan fingerprint density at radius 1 is 1.11 bits per heavy atom. The summed E-state index contributed by atoms with van der Waals surface area (Å²) in [5, 5.41) is 0.829. The number of anilines is 1. The Balaban J connectivity index is 2.52. The highest BCUT2D eigenvalue weighted by atomic mass is 32.1. The molecule has 0 spiro atoms. The van der Waals surface area contributed by atoms with Gasteiger partial charge in [-0.3, -0.25) is 0 Å². The molecule has 18 heavy (non-hydrogen) atoms. The third-order valence-corrected chi connectivity index (χ3v) is 3.97. The van der Waals surface area contributed by atoms with E-state index in [2.05, 4.69) is 13.0 Å². The lowest BCUT2D eigenvalue weighted by Gasteiger charge is -2.09. The highest BCUT2D eigenvalue weighted by Crippen LogP contribution is 2.40. The number of benzene rings is 1. The van der Waals surface area contributed by atoms with Gasteiger partial charge in [0.25, 0.3) is 0 Å². The molecule has 0 aliphatic rings. The van der Waals surface area contributed by atoms with Crippen molar-refractivity contribution in [2.45, 2.75) is 13.3 Å². The zero-order valence-corrected chi connectivity index (χ0v) is 11.6. The third kappa shape index (κ3) is 2.29. The minimum Gasteiger partial charge on any atom is -0.497 e. The summed E-state index contributed by atoms with van der Waals surface area (Å²) >= 11 is 1.63. The minimum absolute atomic E-state index is 0.778. The normalized spacial score (nSPS) is 10.4. The highest BCUT2D eigenvalue weighted by molar-refractivity contribution is 7.16. The summed E-state index contributed by atoms with van der Waals surface area (Å²) < 4.78 is 10.6. The molecule has 1 aromatic heterocycles. The molecule has 0 unspecified atom stereocenters. The van der Waals surface area contributed by atoms with Gasteiger partial charge in [-0.2, -0.15) is 0 Å².